The molecule has 1 aliphatic heterocycles. The summed E-state index contributed by atoms with van der Waals surface area (Å²) in [6.07, 6.45) is 0.754. The maximum Gasteiger partial charge on any atom is 0.220 e. The molecular formula is C14H17Br2Cl2N. The molecular weight excluding hydrogens is 413 g/mol. The normalized spacial score (nSPS) is 21.7. The molecule has 5 heteroatoms. The van der Waals surface area contributed by atoms with Gasteiger partial charge in [0.2, 0.25) is 10.0 Å². The molecule has 0 fully saturated rings. The van der Waals surface area contributed by atoms with Crippen LogP contribution < -0.4 is 17.0 Å². The number of alkyl halides is 3. The van der Waals surface area contributed by atoms with Crippen LogP contribution in [0.4, 0.5) is 0 Å². The SMILES string of the molecule is CC(C)[N+]1=C(c2ccccc2)C(Cl)(Cl)CC1CBr.[Br-]. The number of benzene rings is 1. The lowest BCUT2D eigenvalue weighted by molar-refractivity contribution is -0.581. The average Bonchev–Trinajstić information content (AvgIpc) is 2.61. The minimum atomic E-state index is -0.802. The maximum absolute atomic E-state index is 6.55. The van der Waals surface area contributed by atoms with Crippen LogP contribution in [0, 0.1) is 0 Å². The van der Waals surface area contributed by atoms with Gasteiger partial charge in [0.15, 0.2) is 6.04 Å². The number of rotatable bonds is 3. The van der Waals surface area contributed by atoms with E-state index in [0.29, 0.717) is 12.1 Å². The van der Waals surface area contributed by atoms with Crippen molar-refractivity contribution in [3.8, 4) is 0 Å². The highest BCUT2D eigenvalue weighted by Gasteiger charge is 2.51. The second kappa shape index (κ2) is 6.93. The highest BCUT2D eigenvalue weighted by atomic mass is 79.9. The van der Waals surface area contributed by atoms with Gasteiger partial charge in [-0.15, -0.1) is 0 Å². The predicted octanol–water partition coefficient (Wildman–Crippen LogP) is 1.24. The molecule has 2 rings (SSSR count). The first kappa shape index (κ1) is 17.5. The Morgan fingerprint density at radius 3 is 2.37 bits per heavy atom. The van der Waals surface area contributed by atoms with E-state index in [-0.39, 0.29) is 17.0 Å². The summed E-state index contributed by atoms with van der Waals surface area (Å²) in [5, 5.41) is 0.878. The third kappa shape index (κ3) is 3.55. The van der Waals surface area contributed by atoms with Crippen molar-refractivity contribution in [2.45, 2.75) is 36.7 Å². The fourth-order valence-corrected chi connectivity index (χ4v) is 3.94. The summed E-state index contributed by atoms with van der Waals surface area (Å²) in [7, 11) is 0. The molecule has 1 unspecified atom stereocenters. The van der Waals surface area contributed by atoms with Gasteiger partial charge < -0.3 is 17.0 Å². The molecule has 1 heterocycles. The van der Waals surface area contributed by atoms with E-state index in [9.17, 15) is 0 Å². The third-order valence-electron chi connectivity index (χ3n) is 3.27. The Balaban J connectivity index is 0.00000180. The lowest BCUT2D eigenvalue weighted by atomic mass is 10.1. The molecule has 0 saturated heterocycles. The third-order valence-corrected chi connectivity index (χ3v) is 4.69. The van der Waals surface area contributed by atoms with E-state index in [0.717, 1.165) is 23.0 Å². The number of halogens is 4. The average molecular weight is 430 g/mol. The monoisotopic (exact) mass is 427 g/mol. The lowest BCUT2D eigenvalue weighted by Gasteiger charge is -2.13. The smallest absolute Gasteiger partial charge is 0.220 e. The molecule has 1 aromatic carbocycles. The highest BCUT2D eigenvalue weighted by Crippen LogP contribution is 2.39. The van der Waals surface area contributed by atoms with E-state index in [2.05, 4.69) is 46.5 Å². The zero-order valence-corrected chi connectivity index (χ0v) is 15.6. The summed E-state index contributed by atoms with van der Waals surface area (Å²) < 4.78 is 1.54. The standard InChI is InChI=1S/C14H17BrCl2N.BrH/c1-10(2)18-12(9-15)8-14(16,17)13(18)11-6-4-3-5-7-11;/h3-7,10,12H,8-9H2,1-2H3;1H/q+1;/p-1. The van der Waals surface area contributed by atoms with Gasteiger partial charge >= 0.3 is 0 Å². The maximum atomic E-state index is 6.55. The summed E-state index contributed by atoms with van der Waals surface area (Å²) >= 11 is 16.7. The zero-order chi connectivity index (χ0) is 13.3. The van der Waals surface area contributed by atoms with Gasteiger partial charge in [0, 0.05) is 5.56 Å². The highest BCUT2D eigenvalue weighted by molar-refractivity contribution is 9.09. The Morgan fingerprint density at radius 1 is 1.32 bits per heavy atom. The number of hydrogen-bond acceptors (Lipinski definition) is 0. The van der Waals surface area contributed by atoms with Crippen molar-refractivity contribution in [2.75, 3.05) is 5.33 Å². The Labute approximate surface area is 143 Å². The van der Waals surface area contributed by atoms with Crippen LogP contribution in [-0.2, 0) is 0 Å². The van der Waals surface area contributed by atoms with Crippen molar-refractivity contribution in [1.82, 2.24) is 0 Å². The van der Waals surface area contributed by atoms with Crippen molar-refractivity contribution in [3.63, 3.8) is 0 Å². The van der Waals surface area contributed by atoms with Gasteiger partial charge in [-0.25, -0.2) is 4.58 Å². The van der Waals surface area contributed by atoms with Gasteiger partial charge in [0.25, 0.3) is 0 Å². The Morgan fingerprint density at radius 2 is 1.89 bits per heavy atom. The zero-order valence-electron chi connectivity index (χ0n) is 10.9. The van der Waals surface area contributed by atoms with Crippen LogP contribution in [0.5, 0.6) is 0 Å². The van der Waals surface area contributed by atoms with E-state index in [4.69, 9.17) is 23.2 Å². The molecule has 1 aromatic rings. The summed E-state index contributed by atoms with van der Waals surface area (Å²) in [6, 6.07) is 10.9. The molecule has 0 spiro atoms. The Hall–Kier alpha value is 0.430. The van der Waals surface area contributed by atoms with Crippen molar-refractivity contribution in [2.24, 2.45) is 0 Å². The topological polar surface area (TPSA) is 3.01 Å². The Bertz CT molecular complexity index is 458. The largest absolute Gasteiger partial charge is 1.00 e. The Kier molecular flexibility index (Phi) is 6.37. The summed E-state index contributed by atoms with van der Waals surface area (Å²) in [5.41, 5.74) is 2.14. The second-order valence-corrected chi connectivity index (χ2v) is 7.06. The quantitative estimate of drug-likeness (QED) is 0.502. The molecule has 0 saturated carbocycles. The predicted molar refractivity (Wildman–Crippen MR) is 82.6 cm³/mol. The van der Waals surface area contributed by atoms with E-state index in [1.807, 2.05) is 18.2 Å². The fraction of sp³-hybridized carbons (Fsp3) is 0.500. The van der Waals surface area contributed by atoms with E-state index >= 15 is 0 Å². The van der Waals surface area contributed by atoms with Crippen molar-refractivity contribution in [3.05, 3.63) is 35.9 Å². The summed E-state index contributed by atoms with van der Waals surface area (Å²) in [4.78, 5) is 0. The molecule has 0 bridgehead atoms. The van der Waals surface area contributed by atoms with E-state index in [1.165, 1.54) is 0 Å². The van der Waals surface area contributed by atoms with E-state index in [1.54, 1.807) is 0 Å². The van der Waals surface area contributed by atoms with Gasteiger partial charge in [-0.3, -0.25) is 0 Å². The van der Waals surface area contributed by atoms with Crippen molar-refractivity contribution in [1.29, 1.82) is 0 Å². The van der Waals surface area contributed by atoms with Crippen LogP contribution in [0.3, 0.4) is 0 Å². The molecule has 0 N–H and O–H groups in total. The molecule has 1 nitrogen and oxygen atoms in total. The van der Waals surface area contributed by atoms with Crippen LogP contribution in [-0.4, -0.2) is 32.0 Å². The van der Waals surface area contributed by atoms with Crippen LogP contribution in [0.1, 0.15) is 25.8 Å². The van der Waals surface area contributed by atoms with Crippen LogP contribution in [0.2, 0.25) is 0 Å². The molecule has 19 heavy (non-hydrogen) atoms. The van der Waals surface area contributed by atoms with Gasteiger partial charge in [-0.05, 0) is 26.0 Å². The summed E-state index contributed by atoms with van der Waals surface area (Å²) in [6.45, 7) is 4.35. The van der Waals surface area contributed by atoms with E-state index < -0.39 is 4.33 Å². The van der Waals surface area contributed by atoms with Gasteiger partial charge in [-0.2, -0.15) is 0 Å². The first-order valence-corrected chi connectivity index (χ1v) is 8.00. The molecule has 106 valence electrons. The first-order chi connectivity index (χ1) is 8.47. The molecule has 0 aromatic heterocycles. The molecule has 1 aliphatic rings. The first-order valence-electron chi connectivity index (χ1n) is 6.12. The van der Waals surface area contributed by atoms with Crippen molar-refractivity contribution >= 4 is 44.8 Å². The summed E-state index contributed by atoms with van der Waals surface area (Å²) in [5.74, 6) is 0. The van der Waals surface area contributed by atoms with Crippen LogP contribution >= 0.6 is 39.1 Å². The number of nitrogens with zero attached hydrogens (tertiary/aromatic N) is 1. The molecule has 0 radical (unpaired) electrons. The molecule has 0 amide bonds. The van der Waals surface area contributed by atoms with Gasteiger partial charge in [-0.1, -0.05) is 57.3 Å². The van der Waals surface area contributed by atoms with Gasteiger partial charge in [0.05, 0.1) is 11.8 Å². The van der Waals surface area contributed by atoms with Crippen LogP contribution in [0.15, 0.2) is 30.3 Å². The second-order valence-electron chi connectivity index (χ2n) is 4.93. The minimum Gasteiger partial charge on any atom is -1.00 e. The molecule has 0 aliphatic carbocycles. The number of hydrogen-bond donors (Lipinski definition) is 0. The van der Waals surface area contributed by atoms with Crippen LogP contribution in [0.25, 0.3) is 0 Å². The van der Waals surface area contributed by atoms with Gasteiger partial charge in [0.1, 0.15) is 6.04 Å². The fourth-order valence-electron chi connectivity index (χ4n) is 2.63. The molecule has 1 atom stereocenters. The van der Waals surface area contributed by atoms with Crippen molar-refractivity contribution < 1.29 is 21.6 Å². The minimum absolute atomic E-state index is 0. The lowest BCUT2D eigenvalue weighted by Crippen LogP contribution is -3.00.